The molecule has 0 saturated heterocycles. The molecule has 0 aliphatic rings. The summed E-state index contributed by atoms with van der Waals surface area (Å²) < 4.78 is 11.2. The standard InChI is InChI=1S/C17H21NO3.ClH/c1-20-17-10-14(9-15(18)11-19)7-8-16(17)21-12-13-5-3-2-4-6-13;/h2-8,10,15,19H,9,11-12,18H2,1H3;1H. The zero-order chi connectivity index (χ0) is 15.1. The van der Waals surface area contributed by atoms with Crippen LogP contribution < -0.4 is 15.2 Å². The van der Waals surface area contributed by atoms with E-state index in [4.69, 9.17) is 20.3 Å². The molecule has 0 saturated carbocycles. The summed E-state index contributed by atoms with van der Waals surface area (Å²) in [5.41, 5.74) is 7.86. The van der Waals surface area contributed by atoms with Gasteiger partial charge in [-0.05, 0) is 29.7 Å². The molecule has 0 aliphatic carbocycles. The van der Waals surface area contributed by atoms with Crippen molar-refractivity contribution in [3.05, 3.63) is 59.7 Å². The number of nitrogens with two attached hydrogens (primary N) is 1. The Balaban J connectivity index is 0.00000242. The molecule has 0 radical (unpaired) electrons. The lowest BCUT2D eigenvalue weighted by atomic mass is 10.1. The van der Waals surface area contributed by atoms with E-state index in [0.29, 0.717) is 24.5 Å². The molecule has 5 heteroatoms. The molecular formula is C17H22ClNO3. The van der Waals surface area contributed by atoms with Gasteiger partial charge in [0.25, 0.3) is 0 Å². The molecule has 2 rings (SSSR count). The summed E-state index contributed by atoms with van der Waals surface area (Å²) in [5, 5.41) is 9.01. The third-order valence-corrected chi connectivity index (χ3v) is 3.20. The summed E-state index contributed by atoms with van der Waals surface area (Å²) in [6.07, 6.45) is 0.603. The molecule has 22 heavy (non-hydrogen) atoms. The van der Waals surface area contributed by atoms with Crippen LogP contribution in [0.3, 0.4) is 0 Å². The number of rotatable bonds is 7. The Kier molecular flexibility index (Phi) is 7.74. The van der Waals surface area contributed by atoms with Crippen molar-refractivity contribution in [3.8, 4) is 11.5 Å². The van der Waals surface area contributed by atoms with E-state index >= 15 is 0 Å². The molecule has 4 nitrogen and oxygen atoms in total. The number of aliphatic hydroxyl groups excluding tert-OH is 1. The van der Waals surface area contributed by atoms with Crippen LogP contribution in [0.4, 0.5) is 0 Å². The highest BCUT2D eigenvalue weighted by molar-refractivity contribution is 5.85. The lowest BCUT2D eigenvalue weighted by Gasteiger charge is -2.14. The number of benzene rings is 2. The Morgan fingerprint density at radius 2 is 1.77 bits per heavy atom. The highest BCUT2D eigenvalue weighted by Crippen LogP contribution is 2.29. The Morgan fingerprint density at radius 1 is 1.05 bits per heavy atom. The first-order chi connectivity index (χ1) is 10.2. The first-order valence-corrected chi connectivity index (χ1v) is 6.93. The van der Waals surface area contributed by atoms with Gasteiger partial charge in [0.1, 0.15) is 6.61 Å². The molecule has 1 atom stereocenters. The molecule has 0 heterocycles. The molecule has 0 aliphatic heterocycles. The number of hydrogen-bond donors (Lipinski definition) is 2. The van der Waals surface area contributed by atoms with E-state index in [1.807, 2.05) is 48.5 Å². The molecule has 0 amide bonds. The first kappa shape index (κ1) is 18.3. The largest absolute Gasteiger partial charge is 0.493 e. The second-order valence-electron chi connectivity index (χ2n) is 4.91. The van der Waals surface area contributed by atoms with Crippen LogP contribution in [-0.2, 0) is 13.0 Å². The average Bonchev–Trinajstić information content (AvgIpc) is 2.54. The monoisotopic (exact) mass is 323 g/mol. The fourth-order valence-corrected chi connectivity index (χ4v) is 2.06. The van der Waals surface area contributed by atoms with Crippen LogP contribution in [0.1, 0.15) is 11.1 Å². The van der Waals surface area contributed by atoms with Crippen molar-refractivity contribution in [1.82, 2.24) is 0 Å². The summed E-state index contributed by atoms with van der Waals surface area (Å²) in [6.45, 7) is 0.460. The number of methoxy groups -OCH3 is 1. The molecule has 0 fully saturated rings. The topological polar surface area (TPSA) is 64.7 Å². The summed E-state index contributed by atoms with van der Waals surface area (Å²) in [7, 11) is 1.61. The van der Waals surface area contributed by atoms with E-state index in [1.165, 1.54) is 0 Å². The van der Waals surface area contributed by atoms with Crippen molar-refractivity contribution in [1.29, 1.82) is 0 Å². The van der Waals surface area contributed by atoms with Crippen molar-refractivity contribution >= 4 is 12.4 Å². The quantitative estimate of drug-likeness (QED) is 0.822. The van der Waals surface area contributed by atoms with Gasteiger partial charge in [0, 0.05) is 6.04 Å². The van der Waals surface area contributed by atoms with Gasteiger partial charge in [-0.3, -0.25) is 0 Å². The summed E-state index contributed by atoms with van der Waals surface area (Å²) in [4.78, 5) is 0. The fraction of sp³-hybridized carbons (Fsp3) is 0.294. The third-order valence-electron chi connectivity index (χ3n) is 3.20. The van der Waals surface area contributed by atoms with Gasteiger partial charge in [-0.2, -0.15) is 0 Å². The zero-order valence-electron chi connectivity index (χ0n) is 12.6. The number of ether oxygens (including phenoxy) is 2. The molecule has 1 unspecified atom stereocenters. The van der Waals surface area contributed by atoms with E-state index in [9.17, 15) is 0 Å². The van der Waals surface area contributed by atoms with Crippen molar-refractivity contribution < 1.29 is 14.6 Å². The predicted octanol–water partition coefficient (Wildman–Crippen LogP) is 2.56. The summed E-state index contributed by atoms with van der Waals surface area (Å²) in [6, 6.07) is 15.4. The van der Waals surface area contributed by atoms with Crippen LogP contribution in [0.2, 0.25) is 0 Å². The Bertz CT molecular complexity index is 563. The van der Waals surface area contributed by atoms with Gasteiger partial charge < -0.3 is 20.3 Å². The minimum atomic E-state index is -0.259. The van der Waals surface area contributed by atoms with Gasteiger partial charge in [-0.15, -0.1) is 12.4 Å². The number of halogens is 1. The molecule has 2 aromatic carbocycles. The maximum atomic E-state index is 9.01. The van der Waals surface area contributed by atoms with Gasteiger partial charge in [-0.1, -0.05) is 36.4 Å². The smallest absolute Gasteiger partial charge is 0.161 e. The van der Waals surface area contributed by atoms with Crippen molar-refractivity contribution in [2.75, 3.05) is 13.7 Å². The predicted molar refractivity (Wildman–Crippen MR) is 89.8 cm³/mol. The van der Waals surface area contributed by atoms with Crippen LogP contribution in [0.25, 0.3) is 0 Å². The molecule has 2 aromatic rings. The van der Waals surface area contributed by atoms with Crippen LogP contribution in [-0.4, -0.2) is 24.9 Å². The number of aliphatic hydroxyl groups is 1. The van der Waals surface area contributed by atoms with E-state index in [1.54, 1.807) is 7.11 Å². The van der Waals surface area contributed by atoms with Crippen LogP contribution >= 0.6 is 12.4 Å². The van der Waals surface area contributed by atoms with Crippen molar-refractivity contribution in [2.45, 2.75) is 19.1 Å². The van der Waals surface area contributed by atoms with Gasteiger partial charge >= 0.3 is 0 Å². The molecule has 0 aromatic heterocycles. The minimum absolute atomic E-state index is 0. The van der Waals surface area contributed by atoms with E-state index in [-0.39, 0.29) is 25.1 Å². The zero-order valence-corrected chi connectivity index (χ0v) is 13.4. The Labute approximate surface area is 137 Å². The maximum Gasteiger partial charge on any atom is 0.161 e. The van der Waals surface area contributed by atoms with Crippen LogP contribution in [0.5, 0.6) is 11.5 Å². The first-order valence-electron chi connectivity index (χ1n) is 6.93. The number of hydrogen-bond acceptors (Lipinski definition) is 4. The SMILES string of the molecule is COc1cc(CC(N)CO)ccc1OCc1ccccc1.Cl. The average molecular weight is 324 g/mol. The minimum Gasteiger partial charge on any atom is -0.493 e. The Morgan fingerprint density at radius 3 is 2.41 bits per heavy atom. The maximum absolute atomic E-state index is 9.01. The van der Waals surface area contributed by atoms with Crippen molar-refractivity contribution in [2.24, 2.45) is 5.73 Å². The summed E-state index contributed by atoms with van der Waals surface area (Å²) >= 11 is 0. The highest BCUT2D eigenvalue weighted by atomic mass is 35.5. The van der Waals surface area contributed by atoms with E-state index < -0.39 is 0 Å². The third kappa shape index (κ3) is 5.22. The normalized spacial score (nSPS) is 11.4. The van der Waals surface area contributed by atoms with E-state index in [0.717, 1.165) is 11.1 Å². The Hall–Kier alpha value is -1.75. The second-order valence-corrected chi connectivity index (χ2v) is 4.91. The van der Waals surface area contributed by atoms with E-state index in [2.05, 4.69) is 0 Å². The molecule has 0 bridgehead atoms. The lowest BCUT2D eigenvalue weighted by molar-refractivity contribution is 0.265. The molecular weight excluding hydrogens is 302 g/mol. The van der Waals surface area contributed by atoms with Crippen molar-refractivity contribution in [3.63, 3.8) is 0 Å². The second kappa shape index (κ2) is 9.30. The molecule has 120 valence electrons. The lowest BCUT2D eigenvalue weighted by Crippen LogP contribution is -2.26. The molecule has 0 spiro atoms. The van der Waals surface area contributed by atoms with Gasteiger partial charge in [0.15, 0.2) is 11.5 Å². The summed E-state index contributed by atoms with van der Waals surface area (Å²) in [5.74, 6) is 1.37. The molecule has 3 N–H and O–H groups in total. The van der Waals surface area contributed by atoms with Gasteiger partial charge in [-0.25, -0.2) is 0 Å². The van der Waals surface area contributed by atoms with Crippen LogP contribution in [0, 0.1) is 0 Å². The van der Waals surface area contributed by atoms with Gasteiger partial charge in [0.05, 0.1) is 13.7 Å². The fourth-order valence-electron chi connectivity index (χ4n) is 2.06. The highest BCUT2D eigenvalue weighted by Gasteiger charge is 2.08. The van der Waals surface area contributed by atoms with Crippen LogP contribution in [0.15, 0.2) is 48.5 Å². The van der Waals surface area contributed by atoms with Gasteiger partial charge in [0.2, 0.25) is 0 Å².